The maximum Gasteiger partial charge on any atom is 0.345 e. The van der Waals surface area contributed by atoms with Crippen LogP contribution in [0.15, 0.2) is 29.2 Å². The lowest BCUT2D eigenvalue weighted by Crippen LogP contribution is -2.15. The normalized spacial score (nSPS) is 11.4. The number of benzene rings is 1. The summed E-state index contributed by atoms with van der Waals surface area (Å²) in [6.07, 6.45) is 0. The summed E-state index contributed by atoms with van der Waals surface area (Å²) in [4.78, 5) is 11.4. The fourth-order valence-electron chi connectivity index (χ4n) is 2.00. The van der Waals surface area contributed by atoms with Gasteiger partial charge in [-0.1, -0.05) is 18.2 Å². The number of sulfonamides is 1. The fraction of sp³-hybridized carbons (Fsp3) is 0.214. The van der Waals surface area contributed by atoms with E-state index in [2.05, 4.69) is 4.72 Å². The van der Waals surface area contributed by atoms with Gasteiger partial charge in [-0.05, 0) is 38.0 Å². The molecule has 2 aromatic rings. The molecule has 7 heteroatoms. The van der Waals surface area contributed by atoms with Gasteiger partial charge in [-0.25, -0.2) is 13.2 Å². The van der Waals surface area contributed by atoms with Crippen LogP contribution in [0.1, 0.15) is 25.7 Å². The maximum atomic E-state index is 12.5. The Hall–Kier alpha value is -1.86. The van der Waals surface area contributed by atoms with Gasteiger partial charge < -0.3 is 5.11 Å². The average Bonchev–Trinajstić information content (AvgIpc) is 2.77. The number of thiophene rings is 1. The zero-order valence-corrected chi connectivity index (χ0v) is 13.4. The minimum Gasteiger partial charge on any atom is -0.477 e. The number of nitrogens with one attached hydrogen (secondary N) is 1. The number of carboxylic acids is 1. The van der Waals surface area contributed by atoms with Crippen LogP contribution in [0, 0.1) is 20.8 Å². The number of rotatable bonds is 4. The predicted molar refractivity (Wildman–Crippen MR) is 82.7 cm³/mol. The van der Waals surface area contributed by atoms with E-state index in [1.807, 2.05) is 32.0 Å². The highest BCUT2D eigenvalue weighted by atomic mass is 32.2. The van der Waals surface area contributed by atoms with E-state index >= 15 is 0 Å². The van der Waals surface area contributed by atoms with Crippen LogP contribution in [0.3, 0.4) is 0 Å². The van der Waals surface area contributed by atoms with Gasteiger partial charge in [0.05, 0.1) is 5.69 Å². The Labute approximate surface area is 127 Å². The summed E-state index contributed by atoms with van der Waals surface area (Å²) >= 11 is 0.950. The van der Waals surface area contributed by atoms with Crippen molar-refractivity contribution in [1.82, 2.24) is 0 Å². The molecule has 21 heavy (non-hydrogen) atoms. The van der Waals surface area contributed by atoms with Crippen LogP contribution in [0.5, 0.6) is 0 Å². The number of aryl methyl sites for hydroxylation is 3. The third-order valence-electron chi connectivity index (χ3n) is 3.09. The van der Waals surface area contributed by atoms with Crippen LogP contribution in [0.2, 0.25) is 0 Å². The molecule has 0 saturated carbocycles. The zero-order valence-electron chi connectivity index (χ0n) is 11.8. The molecule has 0 saturated heterocycles. The molecule has 0 aliphatic rings. The van der Waals surface area contributed by atoms with Gasteiger partial charge in [0, 0.05) is 4.88 Å². The Balaban J connectivity index is 2.46. The van der Waals surface area contributed by atoms with Crippen LogP contribution in [0.4, 0.5) is 5.69 Å². The Morgan fingerprint density at radius 3 is 2.24 bits per heavy atom. The van der Waals surface area contributed by atoms with E-state index in [4.69, 9.17) is 5.11 Å². The summed E-state index contributed by atoms with van der Waals surface area (Å²) in [5.41, 5.74) is 2.15. The largest absolute Gasteiger partial charge is 0.477 e. The second-order valence-electron chi connectivity index (χ2n) is 4.71. The Kier molecular flexibility index (Phi) is 4.06. The summed E-state index contributed by atoms with van der Waals surface area (Å²) in [5, 5.41) is 8.96. The molecule has 1 aromatic heterocycles. The number of carboxylic acid groups (broad SMARTS) is 1. The molecular weight excluding hydrogens is 310 g/mol. The highest BCUT2D eigenvalue weighted by Crippen LogP contribution is 2.29. The summed E-state index contributed by atoms with van der Waals surface area (Å²) < 4.78 is 27.5. The van der Waals surface area contributed by atoms with E-state index in [0.717, 1.165) is 22.5 Å². The molecule has 1 aromatic carbocycles. The first kappa shape index (κ1) is 15.5. The highest BCUT2D eigenvalue weighted by Gasteiger charge is 2.23. The quantitative estimate of drug-likeness (QED) is 0.904. The van der Waals surface area contributed by atoms with Gasteiger partial charge in [0.2, 0.25) is 0 Å². The number of hydrogen-bond donors (Lipinski definition) is 2. The third-order valence-corrected chi connectivity index (χ3v) is 5.73. The number of carbonyl (C=O) groups is 1. The minimum absolute atomic E-state index is 0.00699. The Bertz CT molecular complexity index is 786. The van der Waals surface area contributed by atoms with Crippen LogP contribution < -0.4 is 4.72 Å². The number of aromatic carboxylic acids is 1. The molecule has 112 valence electrons. The molecule has 0 radical (unpaired) electrons. The Morgan fingerprint density at radius 2 is 1.76 bits per heavy atom. The van der Waals surface area contributed by atoms with E-state index in [1.165, 1.54) is 6.07 Å². The lowest BCUT2D eigenvalue weighted by atomic mass is 10.1. The van der Waals surface area contributed by atoms with Crippen molar-refractivity contribution >= 4 is 33.0 Å². The van der Waals surface area contributed by atoms with Gasteiger partial charge in [-0.2, -0.15) is 0 Å². The SMILES string of the molecule is Cc1cccc(C)c1NS(=O)(=O)c1cc(C(=O)O)sc1C. The maximum absolute atomic E-state index is 12.5. The van der Waals surface area contributed by atoms with E-state index in [1.54, 1.807) is 6.92 Å². The van der Waals surface area contributed by atoms with E-state index in [-0.39, 0.29) is 9.77 Å². The van der Waals surface area contributed by atoms with Crippen molar-refractivity contribution < 1.29 is 18.3 Å². The van der Waals surface area contributed by atoms with Gasteiger partial charge in [0.1, 0.15) is 9.77 Å². The van der Waals surface area contributed by atoms with Crippen molar-refractivity contribution in [3.63, 3.8) is 0 Å². The van der Waals surface area contributed by atoms with E-state index in [9.17, 15) is 13.2 Å². The monoisotopic (exact) mass is 325 g/mol. The van der Waals surface area contributed by atoms with Crippen molar-refractivity contribution in [1.29, 1.82) is 0 Å². The average molecular weight is 325 g/mol. The summed E-state index contributed by atoms with van der Waals surface area (Å²) in [6, 6.07) is 6.67. The standard InChI is InChI=1S/C14H15NO4S2/c1-8-5-4-6-9(2)13(8)15-21(18,19)12-7-11(14(16)17)20-10(12)3/h4-7,15H,1-3H3,(H,16,17). The molecule has 0 aliphatic carbocycles. The molecule has 2 N–H and O–H groups in total. The molecule has 1 heterocycles. The molecule has 0 fully saturated rings. The summed E-state index contributed by atoms with van der Waals surface area (Å²) in [7, 11) is -3.80. The molecular formula is C14H15NO4S2. The lowest BCUT2D eigenvalue weighted by molar-refractivity contribution is 0.0702. The van der Waals surface area contributed by atoms with Crippen molar-refractivity contribution in [3.8, 4) is 0 Å². The lowest BCUT2D eigenvalue weighted by Gasteiger charge is -2.12. The predicted octanol–water partition coefficient (Wildman–Crippen LogP) is 3.17. The first-order valence-corrected chi connectivity index (χ1v) is 8.45. The Morgan fingerprint density at radius 1 is 1.19 bits per heavy atom. The summed E-state index contributed by atoms with van der Waals surface area (Å²) in [6.45, 7) is 5.22. The molecule has 5 nitrogen and oxygen atoms in total. The number of hydrogen-bond acceptors (Lipinski definition) is 4. The molecule has 0 bridgehead atoms. The van der Waals surface area contributed by atoms with Crippen molar-refractivity contribution in [2.75, 3.05) is 4.72 Å². The topological polar surface area (TPSA) is 83.5 Å². The van der Waals surface area contributed by atoms with Crippen molar-refractivity contribution in [2.24, 2.45) is 0 Å². The molecule has 0 atom stereocenters. The van der Waals surface area contributed by atoms with Crippen molar-refractivity contribution in [3.05, 3.63) is 45.1 Å². The van der Waals surface area contributed by atoms with Crippen LogP contribution in [-0.4, -0.2) is 19.5 Å². The van der Waals surface area contributed by atoms with Gasteiger partial charge >= 0.3 is 5.97 Å². The fourth-order valence-corrected chi connectivity index (χ4v) is 4.64. The number of para-hydroxylation sites is 1. The van der Waals surface area contributed by atoms with Crippen molar-refractivity contribution in [2.45, 2.75) is 25.7 Å². The second kappa shape index (κ2) is 5.50. The molecule has 0 spiro atoms. The van der Waals surface area contributed by atoms with Crippen LogP contribution in [0.25, 0.3) is 0 Å². The van der Waals surface area contributed by atoms with Crippen LogP contribution >= 0.6 is 11.3 Å². The molecule has 0 unspecified atom stereocenters. The second-order valence-corrected chi connectivity index (χ2v) is 7.62. The van der Waals surface area contributed by atoms with Crippen LogP contribution in [-0.2, 0) is 10.0 Å². The van der Waals surface area contributed by atoms with Gasteiger partial charge in [0.25, 0.3) is 10.0 Å². The molecule has 0 aliphatic heterocycles. The first-order valence-electron chi connectivity index (χ1n) is 6.15. The number of anilines is 1. The van der Waals surface area contributed by atoms with Gasteiger partial charge in [0.15, 0.2) is 0 Å². The molecule has 0 amide bonds. The summed E-state index contributed by atoms with van der Waals surface area (Å²) in [5.74, 6) is -1.13. The zero-order chi connectivity index (χ0) is 15.8. The molecule has 2 rings (SSSR count). The minimum atomic E-state index is -3.80. The smallest absolute Gasteiger partial charge is 0.345 e. The first-order chi connectivity index (χ1) is 9.72. The van der Waals surface area contributed by atoms with Gasteiger partial charge in [-0.15, -0.1) is 11.3 Å². The highest BCUT2D eigenvalue weighted by molar-refractivity contribution is 7.93. The van der Waals surface area contributed by atoms with E-state index < -0.39 is 16.0 Å². The van der Waals surface area contributed by atoms with E-state index in [0.29, 0.717) is 10.6 Å². The third kappa shape index (κ3) is 3.08. The van der Waals surface area contributed by atoms with Gasteiger partial charge in [-0.3, -0.25) is 4.72 Å².